The third-order valence-corrected chi connectivity index (χ3v) is 6.50. The summed E-state index contributed by atoms with van der Waals surface area (Å²) in [5.74, 6) is 1.22. The van der Waals surface area contributed by atoms with Gasteiger partial charge < -0.3 is 9.73 Å². The second-order valence-electron chi connectivity index (χ2n) is 7.99. The molecule has 8 heteroatoms. The molecule has 0 fully saturated rings. The third-order valence-electron chi connectivity index (χ3n) is 5.42. The molecule has 31 heavy (non-hydrogen) atoms. The lowest BCUT2D eigenvalue weighted by Crippen LogP contribution is -2.51. The molecular weight excluding hydrogens is 410 g/mol. The highest BCUT2D eigenvalue weighted by atomic mass is 32.2. The van der Waals surface area contributed by atoms with Gasteiger partial charge in [-0.1, -0.05) is 55.9 Å². The van der Waals surface area contributed by atoms with Crippen LogP contribution in [0.1, 0.15) is 39.0 Å². The van der Waals surface area contributed by atoms with E-state index in [9.17, 15) is 10.1 Å². The van der Waals surface area contributed by atoms with E-state index < -0.39 is 10.8 Å². The number of furan rings is 1. The summed E-state index contributed by atoms with van der Waals surface area (Å²) in [7, 11) is 0. The number of aryl methyl sites for hydroxylation is 1. The van der Waals surface area contributed by atoms with Crippen LogP contribution in [0.15, 0.2) is 52.2 Å². The highest BCUT2D eigenvalue weighted by molar-refractivity contribution is 8.00. The molecule has 0 radical (unpaired) electrons. The number of hydrogen-bond donors (Lipinski definition) is 1. The standard InChI is InChI=1S/C23H27N5O2S/c1-15(2)23(5,14-24)25-21(29)17(4)31-22-27-26-20(19-11-12-30-16(19)3)28(22)13-18-9-7-6-8-10-18/h6-12,15,17H,13H2,1-5H3,(H,25,29). The number of benzene rings is 1. The molecule has 0 saturated heterocycles. The third kappa shape index (κ3) is 5.00. The summed E-state index contributed by atoms with van der Waals surface area (Å²) in [5, 5.41) is 21.3. The molecule has 7 nitrogen and oxygen atoms in total. The molecule has 0 saturated carbocycles. The van der Waals surface area contributed by atoms with Crippen LogP contribution < -0.4 is 5.32 Å². The molecule has 162 valence electrons. The van der Waals surface area contributed by atoms with Gasteiger partial charge in [-0.3, -0.25) is 9.36 Å². The zero-order valence-corrected chi connectivity index (χ0v) is 19.2. The summed E-state index contributed by atoms with van der Waals surface area (Å²) in [5.41, 5.74) is 1.03. The largest absolute Gasteiger partial charge is 0.469 e. The Hall–Kier alpha value is -3.05. The molecule has 0 bridgehead atoms. The lowest BCUT2D eigenvalue weighted by atomic mass is 9.90. The molecule has 0 spiro atoms. The molecule has 1 N–H and O–H groups in total. The van der Waals surface area contributed by atoms with E-state index in [0.717, 1.165) is 16.9 Å². The Bertz CT molecular complexity index is 1080. The molecule has 3 aromatic rings. The molecule has 1 aromatic carbocycles. The number of nitrogens with one attached hydrogen (secondary N) is 1. The molecule has 1 amide bonds. The number of carbonyl (C=O) groups is 1. The van der Waals surface area contributed by atoms with Crippen LogP contribution in [0.3, 0.4) is 0 Å². The quantitative estimate of drug-likeness (QED) is 0.524. The Morgan fingerprint density at radius 1 is 1.26 bits per heavy atom. The lowest BCUT2D eigenvalue weighted by molar-refractivity contribution is -0.121. The van der Waals surface area contributed by atoms with Crippen LogP contribution in [0.25, 0.3) is 11.4 Å². The van der Waals surface area contributed by atoms with E-state index in [1.807, 2.05) is 68.7 Å². The van der Waals surface area contributed by atoms with E-state index in [4.69, 9.17) is 4.42 Å². The summed E-state index contributed by atoms with van der Waals surface area (Å²) in [6.07, 6.45) is 1.63. The van der Waals surface area contributed by atoms with Crippen LogP contribution in [0.4, 0.5) is 0 Å². The van der Waals surface area contributed by atoms with Gasteiger partial charge in [0.2, 0.25) is 5.91 Å². The molecule has 0 aliphatic heterocycles. The van der Waals surface area contributed by atoms with Gasteiger partial charge in [-0.05, 0) is 38.3 Å². The van der Waals surface area contributed by atoms with Crippen molar-refractivity contribution in [2.75, 3.05) is 0 Å². The minimum Gasteiger partial charge on any atom is -0.469 e. The monoisotopic (exact) mass is 437 g/mol. The van der Waals surface area contributed by atoms with Crippen molar-refractivity contribution in [3.05, 3.63) is 54.0 Å². The maximum Gasteiger partial charge on any atom is 0.234 e. The Kier molecular flexibility index (Phi) is 6.86. The predicted molar refractivity (Wildman–Crippen MR) is 120 cm³/mol. The molecule has 2 unspecified atom stereocenters. The Labute approximate surface area is 186 Å². The number of hydrogen-bond acceptors (Lipinski definition) is 6. The summed E-state index contributed by atoms with van der Waals surface area (Å²) < 4.78 is 7.45. The van der Waals surface area contributed by atoms with Crippen molar-refractivity contribution in [3.63, 3.8) is 0 Å². The first-order valence-electron chi connectivity index (χ1n) is 10.2. The Morgan fingerprint density at radius 2 is 1.97 bits per heavy atom. The van der Waals surface area contributed by atoms with Crippen molar-refractivity contribution in [3.8, 4) is 17.5 Å². The molecular formula is C23H27N5O2S. The van der Waals surface area contributed by atoms with Gasteiger partial charge in [0.15, 0.2) is 11.0 Å². The van der Waals surface area contributed by atoms with E-state index in [1.54, 1.807) is 13.2 Å². The van der Waals surface area contributed by atoms with Crippen LogP contribution in [-0.2, 0) is 11.3 Å². The number of nitrogens with zero attached hydrogens (tertiary/aromatic N) is 4. The maximum atomic E-state index is 12.8. The fourth-order valence-corrected chi connectivity index (χ4v) is 3.82. The van der Waals surface area contributed by atoms with Crippen molar-refractivity contribution in [1.29, 1.82) is 5.26 Å². The smallest absolute Gasteiger partial charge is 0.234 e. The van der Waals surface area contributed by atoms with Crippen LogP contribution in [-0.4, -0.2) is 31.5 Å². The number of thioether (sulfide) groups is 1. The highest BCUT2D eigenvalue weighted by Crippen LogP contribution is 2.30. The fraction of sp³-hybridized carbons (Fsp3) is 0.391. The van der Waals surface area contributed by atoms with E-state index in [-0.39, 0.29) is 11.8 Å². The van der Waals surface area contributed by atoms with Crippen molar-refractivity contribution in [2.24, 2.45) is 5.92 Å². The molecule has 0 aliphatic carbocycles. The van der Waals surface area contributed by atoms with Crippen molar-refractivity contribution in [2.45, 2.75) is 57.1 Å². The van der Waals surface area contributed by atoms with E-state index in [0.29, 0.717) is 17.5 Å². The molecule has 0 aliphatic rings. The first-order chi connectivity index (χ1) is 14.7. The summed E-state index contributed by atoms with van der Waals surface area (Å²) in [6, 6.07) is 14.1. The fourth-order valence-electron chi connectivity index (χ4n) is 2.97. The van der Waals surface area contributed by atoms with Gasteiger partial charge in [0.05, 0.1) is 29.7 Å². The average Bonchev–Trinajstić information content (AvgIpc) is 3.34. The molecule has 2 atom stereocenters. The first-order valence-corrected chi connectivity index (χ1v) is 11.0. The van der Waals surface area contributed by atoms with E-state index in [1.165, 1.54) is 11.8 Å². The van der Waals surface area contributed by atoms with Gasteiger partial charge in [0, 0.05) is 0 Å². The summed E-state index contributed by atoms with van der Waals surface area (Å²) in [4.78, 5) is 12.8. The lowest BCUT2D eigenvalue weighted by Gasteiger charge is -2.28. The molecule has 3 rings (SSSR count). The Balaban J connectivity index is 1.89. The number of nitriles is 1. The number of aromatic nitrogens is 3. The van der Waals surface area contributed by atoms with Crippen LogP contribution in [0, 0.1) is 24.2 Å². The van der Waals surface area contributed by atoms with Gasteiger partial charge in [0.1, 0.15) is 11.3 Å². The van der Waals surface area contributed by atoms with Crippen LogP contribution in [0.5, 0.6) is 0 Å². The number of carbonyl (C=O) groups excluding carboxylic acids is 1. The van der Waals surface area contributed by atoms with Crippen molar-refractivity contribution in [1.82, 2.24) is 20.1 Å². The molecule has 2 heterocycles. The van der Waals surface area contributed by atoms with Gasteiger partial charge >= 0.3 is 0 Å². The first kappa shape index (κ1) is 22.6. The Morgan fingerprint density at radius 3 is 2.55 bits per heavy atom. The van der Waals surface area contributed by atoms with Crippen molar-refractivity contribution < 1.29 is 9.21 Å². The SMILES string of the molecule is Cc1occc1-c1nnc(SC(C)C(=O)NC(C)(C#N)C(C)C)n1Cc1ccccc1. The van der Waals surface area contributed by atoms with Crippen LogP contribution >= 0.6 is 11.8 Å². The number of amides is 1. The normalized spacial score (nSPS) is 14.1. The number of rotatable bonds is 8. The maximum absolute atomic E-state index is 12.8. The van der Waals surface area contributed by atoms with E-state index in [2.05, 4.69) is 21.6 Å². The minimum absolute atomic E-state index is 0.0175. The zero-order chi connectivity index (χ0) is 22.6. The van der Waals surface area contributed by atoms with E-state index >= 15 is 0 Å². The zero-order valence-electron chi connectivity index (χ0n) is 18.4. The highest BCUT2D eigenvalue weighted by Gasteiger charge is 2.32. The minimum atomic E-state index is -0.928. The van der Waals surface area contributed by atoms with Crippen LogP contribution in [0.2, 0.25) is 0 Å². The average molecular weight is 438 g/mol. The predicted octanol–water partition coefficient (Wildman–Crippen LogP) is 4.43. The summed E-state index contributed by atoms with van der Waals surface area (Å²) in [6.45, 7) is 9.82. The van der Waals surface area contributed by atoms with Gasteiger partial charge in [0.25, 0.3) is 0 Å². The molecule has 2 aromatic heterocycles. The van der Waals surface area contributed by atoms with Crippen molar-refractivity contribution >= 4 is 17.7 Å². The van der Waals surface area contributed by atoms with Gasteiger partial charge in [-0.2, -0.15) is 5.26 Å². The topological polar surface area (TPSA) is 96.7 Å². The second kappa shape index (κ2) is 9.40. The van der Waals surface area contributed by atoms with Gasteiger partial charge in [-0.25, -0.2) is 0 Å². The second-order valence-corrected chi connectivity index (χ2v) is 9.29. The summed E-state index contributed by atoms with van der Waals surface area (Å²) >= 11 is 1.32. The van der Waals surface area contributed by atoms with Gasteiger partial charge in [-0.15, -0.1) is 10.2 Å².